The second-order valence-electron chi connectivity index (χ2n) is 4.02. The van der Waals surface area contributed by atoms with Gasteiger partial charge in [-0.3, -0.25) is 0 Å². The molecule has 2 nitrogen and oxygen atoms in total. The smallest absolute Gasteiger partial charge is 0.0824 e. The highest BCUT2D eigenvalue weighted by atomic mass is 16.5. The Balaban J connectivity index is 2.78. The van der Waals surface area contributed by atoms with Crippen molar-refractivity contribution in [2.45, 2.75) is 26.4 Å². The molecular weight excluding hydrogens is 174 g/mol. The van der Waals surface area contributed by atoms with Gasteiger partial charge >= 0.3 is 0 Å². The van der Waals surface area contributed by atoms with E-state index in [9.17, 15) is 0 Å². The molecule has 1 rings (SSSR count). The molecule has 14 heavy (non-hydrogen) atoms. The molecule has 2 N–H and O–H groups in total. The molecule has 0 aliphatic carbocycles. The minimum atomic E-state index is 0.165. The van der Waals surface area contributed by atoms with Gasteiger partial charge in [0.2, 0.25) is 0 Å². The Morgan fingerprint density at radius 2 is 2.07 bits per heavy atom. The van der Waals surface area contributed by atoms with Crippen molar-refractivity contribution >= 4 is 5.69 Å². The molecule has 0 heterocycles. The summed E-state index contributed by atoms with van der Waals surface area (Å²) in [4.78, 5) is 0. The predicted molar refractivity (Wildman–Crippen MR) is 60.1 cm³/mol. The average molecular weight is 193 g/mol. The highest BCUT2D eigenvalue weighted by Gasteiger charge is 2.12. The number of hydrogen-bond acceptors (Lipinski definition) is 2. The number of benzene rings is 1. The van der Waals surface area contributed by atoms with Crippen molar-refractivity contribution in [1.82, 2.24) is 0 Å². The van der Waals surface area contributed by atoms with Gasteiger partial charge in [0.05, 0.1) is 6.10 Å². The van der Waals surface area contributed by atoms with Crippen molar-refractivity contribution in [3.63, 3.8) is 0 Å². The highest BCUT2D eigenvalue weighted by molar-refractivity contribution is 5.41. The second-order valence-corrected chi connectivity index (χ2v) is 4.02. The Labute approximate surface area is 86.1 Å². The zero-order valence-electron chi connectivity index (χ0n) is 9.16. The van der Waals surface area contributed by atoms with Crippen LogP contribution >= 0.6 is 0 Å². The maximum absolute atomic E-state index is 5.73. The highest BCUT2D eigenvalue weighted by Crippen LogP contribution is 2.25. The monoisotopic (exact) mass is 193 g/mol. The topological polar surface area (TPSA) is 35.2 Å². The summed E-state index contributed by atoms with van der Waals surface area (Å²) in [6.07, 6.45) is 1.19. The minimum Gasteiger partial charge on any atom is -0.399 e. The molecule has 0 saturated carbocycles. The molecule has 0 saturated heterocycles. The Bertz CT molecular complexity index is 283. The normalized spacial score (nSPS) is 13.1. The third kappa shape index (κ3) is 3.04. The molecule has 0 fully saturated rings. The van der Waals surface area contributed by atoms with Gasteiger partial charge in [-0.15, -0.1) is 0 Å². The first-order chi connectivity index (χ1) is 6.63. The SMILES string of the molecule is CO[C@H](CC(C)C)c1cccc(N)c1. The van der Waals surface area contributed by atoms with Crippen LogP contribution < -0.4 is 5.73 Å². The fraction of sp³-hybridized carbons (Fsp3) is 0.500. The zero-order valence-corrected chi connectivity index (χ0v) is 9.16. The number of anilines is 1. The van der Waals surface area contributed by atoms with E-state index in [0.717, 1.165) is 12.1 Å². The van der Waals surface area contributed by atoms with E-state index in [2.05, 4.69) is 19.9 Å². The standard InChI is InChI=1S/C12H19NO/c1-9(2)7-12(14-3)10-5-4-6-11(13)8-10/h4-6,8-9,12H,7,13H2,1-3H3/t12-/m1/s1. The van der Waals surface area contributed by atoms with E-state index in [-0.39, 0.29) is 6.10 Å². The maximum atomic E-state index is 5.73. The summed E-state index contributed by atoms with van der Waals surface area (Å²) in [5, 5.41) is 0. The fourth-order valence-electron chi connectivity index (χ4n) is 1.56. The second kappa shape index (κ2) is 5.01. The van der Waals surface area contributed by atoms with Crippen LogP contribution in [0.1, 0.15) is 31.9 Å². The number of rotatable bonds is 4. The lowest BCUT2D eigenvalue weighted by molar-refractivity contribution is 0.0846. The van der Waals surface area contributed by atoms with Gasteiger partial charge in [-0.2, -0.15) is 0 Å². The molecule has 0 aliphatic heterocycles. The van der Waals surface area contributed by atoms with Gasteiger partial charge < -0.3 is 10.5 Å². The van der Waals surface area contributed by atoms with Crippen LogP contribution in [0.15, 0.2) is 24.3 Å². The minimum absolute atomic E-state index is 0.165. The van der Waals surface area contributed by atoms with Crippen molar-refractivity contribution in [2.24, 2.45) is 5.92 Å². The molecule has 0 unspecified atom stereocenters. The molecule has 0 spiro atoms. The number of nitrogen functional groups attached to an aromatic ring is 1. The van der Waals surface area contributed by atoms with E-state index in [0.29, 0.717) is 5.92 Å². The van der Waals surface area contributed by atoms with Crippen LogP contribution in [0.4, 0.5) is 5.69 Å². The van der Waals surface area contributed by atoms with Crippen LogP contribution in [0.2, 0.25) is 0 Å². The summed E-state index contributed by atoms with van der Waals surface area (Å²) in [6.45, 7) is 4.39. The largest absolute Gasteiger partial charge is 0.399 e. The van der Waals surface area contributed by atoms with Crippen molar-refractivity contribution in [1.29, 1.82) is 0 Å². The number of ether oxygens (including phenoxy) is 1. The molecule has 0 amide bonds. The zero-order chi connectivity index (χ0) is 10.6. The van der Waals surface area contributed by atoms with Gasteiger partial charge in [-0.25, -0.2) is 0 Å². The van der Waals surface area contributed by atoms with Crippen LogP contribution in [-0.4, -0.2) is 7.11 Å². The quantitative estimate of drug-likeness (QED) is 0.746. The van der Waals surface area contributed by atoms with E-state index >= 15 is 0 Å². The maximum Gasteiger partial charge on any atom is 0.0824 e. The van der Waals surface area contributed by atoms with Gasteiger partial charge in [0, 0.05) is 12.8 Å². The number of hydrogen-bond donors (Lipinski definition) is 1. The van der Waals surface area contributed by atoms with Crippen LogP contribution in [0.25, 0.3) is 0 Å². The summed E-state index contributed by atoms with van der Waals surface area (Å²) in [6, 6.07) is 7.91. The third-order valence-corrected chi connectivity index (χ3v) is 2.25. The summed E-state index contributed by atoms with van der Waals surface area (Å²) in [5.41, 5.74) is 7.69. The van der Waals surface area contributed by atoms with Crippen LogP contribution in [0.5, 0.6) is 0 Å². The Hall–Kier alpha value is -1.02. The van der Waals surface area contributed by atoms with E-state index < -0.39 is 0 Å². The summed E-state index contributed by atoms with van der Waals surface area (Å²) >= 11 is 0. The van der Waals surface area contributed by atoms with Gasteiger partial charge in [0.15, 0.2) is 0 Å². The molecule has 1 aromatic rings. The first kappa shape index (κ1) is 11.1. The lowest BCUT2D eigenvalue weighted by Gasteiger charge is -2.18. The van der Waals surface area contributed by atoms with Gasteiger partial charge in [-0.05, 0) is 30.0 Å². The van der Waals surface area contributed by atoms with E-state index in [1.165, 1.54) is 5.56 Å². The Kier molecular flexibility index (Phi) is 3.96. The van der Waals surface area contributed by atoms with Crippen molar-refractivity contribution in [3.8, 4) is 0 Å². The van der Waals surface area contributed by atoms with Crippen molar-refractivity contribution in [3.05, 3.63) is 29.8 Å². The van der Waals surface area contributed by atoms with Gasteiger partial charge in [0.1, 0.15) is 0 Å². The summed E-state index contributed by atoms with van der Waals surface area (Å²) in [7, 11) is 1.75. The predicted octanol–water partition coefficient (Wildman–Crippen LogP) is 3.00. The Morgan fingerprint density at radius 1 is 1.36 bits per heavy atom. The van der Waals surface area contributed by atoms with Crippen molar-refractivity contribution in [2.75, 3.05) is 12.8 Å². The summed E-state index contributed by atoms with van der Waals surface area (Å²) < 4.78 is 5.45. The molecule has 1 atom stereocenters. The van der Waals surface area contributed by atoms with Crippen LogP contribution in [0.3, 0.4) is 0 Å². The van der Waals surface area contributed by atoms with E-state index in [1.807, 2.05) is 18.2 Å². The molecule has 1 aromatic carbocycles. The molecule has 2 heteroatoms. The molecule has 78 valence electrons. The third-order valence-electron chi connectivity index (χ3n) is 2.25. The average Bonchev–Trinajstić information content (AvgIpc) is 2.14. The van der Waals surface area contributed by atoms with E-state index in [4.69, 9.17) is 10.5 Å². The molecular formula is C12H19NO. The Morgan fingerprint density at radius 3 is 2.57 bits per heavy atom. The lowest BCUT2D eigenvalue weighted by atomic mass is 9.99. The molecule has 0 radical (unpaired) electrons. The van der Waals surface area contributed by atoms with Crippen LogP contribution in [-0.2, 0) is 4.74 Å². The van der Waals surface area contributed by atoms with E-state index in [1.54, 1.807) is 7.11 Å². The van der Waals surface area contributed by atoms with Gasteiger partial charge in [-0.1, -0.05) is 26.0 Å². The molecule has 0 aromatic heterocycles. The van der Waals surface area contributed by atoms with Crippen LogP contribution in [0, 0.1) is 5.92 Å². The summed E-state index contributed by atoms with van der Waals surface area (Å²) in [5.74, 6) is 0.626. The van der Waals surface area contributed by atoms with Crippen molar-refractivity contribution < 1.29 is 4.74 Å². The molecule has 0 aliphatic rings. The lowest BCUT2D eigenvalue weighted by Crippen LogP contribution is -2.05. The van der Waals surface area contributed by atoms with Gasteiger partial charge in [0.25, 0.3) is 0 Å². The number of methoxy groups -OCH3 is 1. The first-order valence-electron chi connectivity index (χ1n) is 5.01. The number of nitrogens with two attached hydrogens (primary N) is 1. The molecule has 0 bridgehead atoms. The first-order valence-corrected chi connectivity index (χ1v) is 5.01. The fourth-order valence-corrected chi connectivity index (χ4v) is 1.56.